The van der Waals surface area contributed by atoms with Crippen LogP contribution in [0.5, 0.6) is 0 Å². The molecule has 0 aromatic heterocycles. The molecule has 1 N–H and O–H groups in total. The van der Waals surface area contributed by atoms with Gasteiger partial charge < -0.3 is 10.1 Å². The summed E-state index contributed by atoms with van der Waals surface area (Å²) >= 11 is 0. The molecule has 0 fully saturated rings. The first kappa shape index (κ1) is 14.0. The Morgan fingerprint density at radius 1 is 1.39 bits per heavy atom. The minimum Gasteiger partial charge on any atom is -0.452 e. The molecule has 18 heavy (non-hydrogen) atoms. The molecule has 0 spiro atoms. The van der Waals surface area contributed by atoms with Crippen LogP contribution in [0, 0.1) is 13.8 Å². The molecule has 0 saturated carbocycles. The summed E-state index contributed by atoms with van der Waals surface area (Å²) in [6, 6.07) is 5.52. The van der Waals surface area contributed by atoms with E-state index < -0.39 is 5.97 Å². The Kier molecular flexibility index (Phi) is 5.11. The standard InChI is InChI=1S/C14H17NO3/c1-4-7-15-13(16)9-18-14(17)12-8-10(2)5-6-11(12)3/h4-6,8H,1,7,9H2,2-3H3,(H,15,16). The molecule has 96 valence electrons. The van der Waals surface area contributed by atoms with Crippen molar-refractivity contribution in [2.24, 2.45) is 0 Å². The number of hydrogen-bond donors (Lipinski definition) is 1. The van der Waals surface area contributed by atoms with Crippen LogP contribution in [0.15, 0.2) is 30.9 Å². The minimum atomic E-state index is -0.482. The lowest BCUT2D eigenvalue weighted by Crippen LogP contribution is -2.28. The first-order chi connectivity index (χ1) is 8.54. The second-order valence-corrected chi connectivity index (χ2v) is 3.99. The van der Waals surface area contributed by atoms with E-state index >= 15 is 0 Å². The number of nitrogens with one attached hydrogen (secondary N) is 1. The number of carbonyl (C=O) groups excluding carboxylic acids is 2. The number of rotatable bonds is 5. The Balaban J connectivity index is 2.57. The van der Waals surface area contributed by atoms with Crippen LogP contribution < -0.4 is 5.32 Å². The molecule has 1 aromatic rings. The van der Waals surface area contributed by atoms with Gasteiger partial charge in [-0.2, -0.15) is 0 Å². The number of esters is 1. The topological polar surface area (TPSA) is 55.4 Å². The molecule has 1 aromatic carbocycles. The molecule has 0 radical (unpaired) electrons. The van der Waals surface area contributed by atoms with E-state index in [-0.39, 0.29) is 12.5 Å². The predicted octanol–water partition coefficient (Wildman–Crippen LogP) is 1.76. The SMILES string of the molecule is C=CCNC(=O)COC(=O)c1cc(C)ccc1C. The molecule has 0 heterocycles. The summed E-state index contributed by atoms with van der Waals surface area (Å²) in [5, 5.41) is 2.53. The first-order valence-electron chi connectivity index (χ1n) is 5.66. The van der Waals surface area contributed by atoms with Crippen LogP contribution >= 0.6 is 0 Å². The maximum absolute atomic E-state index is 11.8. The third kappa shape index (κ3) is 4.05. The quantitative estimate of drug-likeness (QED) is 0.637. The molecule has 0 atom stereocenters. The van der Waals surface area contributed by atoms with Crippen molar-refractivity contribution in [1.82, 2.24) is 5.32 Å². The highest BCUT2D eigenvalue weighted by Crippen LogP contribution is 2.11. The fourth-order valence-electron chi connectivity index (χ4n) is 1.40. The fourth-order valence-corrected chi connectivity index (χ4v) is 1.40. The third-order valence-corrected chi connectivity index (χ3v) is 2.39. The minimum absolute atomic E-state index is 0.278. The molecule has 0 bridgehead atoms. The van der Waals surface area contributed by atoms with Gasteiger partial charge in [-0.1, -0.05) is 23.8 Å². The van der Waals surface area contributed by atoms with Gasteiger partial charge in [-0.15, -0.1) is 6.58 Å². The fraction of sp³-hybridized carbons (Fsp3) is 0.286. The van der Waals surface area contributed by atoms with Crippen molar-refractivity contribution < 1.29 is 14.3 Å². The van der Waals surface area contributed by atoms with E-state index in [1.807, 2.05) is 26.0 Å². The van der Waals surface area contributed by atoms with Crippen molar-refractivity contribution in [3.63, 3.8) is 0 Å². The molecule has 0 aliphatic heterocycles. The molecule has 0 aliphatic carbocycles. The van der Waals surface area contributed by atoms with Crippen LogP contribution in [0.2, 0.25) is 0 Å². The molecule has 0 aliphatic rings. The summed E-state index contributed by atoms with van der Waals surface area (Å²) in [5.74, 6) is -0.821. The number of aryl methyl sites for hydroxylation is 2. The lowest BCUT2D eigenvalue weighted by Gasteiger charge is -2.07. The molecule has 4 heteroatoms. The Bertz CT molecular complexity index is 466. The molecule has 4 nitrogen and oxygen atoms in total. The van der Waals surface area contributed by atoms with Crippen molar-refractivity contribution >= 4 is 11.9 Å². The highest BCUT2D eigenvalue weighted by Gasteiger charge is 2.12. The maximum Gasteiger partial charge on any atom is 0.338 e. The normalized spacial score (nSPS) is 9.67. The Morgan fingerprint density at radius 3 is 2.78 bits per heavy atom. The number of carbonyl (C=O) groups is 2. The number of hydrogen-bond acceptors (Lipinski definition) is 3. The average molecular weight is 247 g/mol. The van der Waals surface area contributed by atoms with Gasteiger partial charge in [0, 0.05) is 6.54 Å². The van der Waals surface area contributed by atoms with Crippen LogP contribution in [0.4, 0.5) is 0 Å². The molecule has 1 amide bonds. The Labute approximate surface area is 107 Å². The molecule has 0 saturated heterocycles. The smallest absolute Gasteiger partial charge is 0.338 e. The Morgan fingerprint density at radius 2 is 2.11 bits per heavy atom. The number of benzene rings is 1. The second-order valence-electron chi connectivity index (χ2n) is 3.99. The van der Waals surface area contributed by atoms with Crippen LogP contribution in [-0.2, 0) is 9.53 Å². The van der Waals surface area contributed by atoms with Crippen LogP contribution in [0.1, 0.15) is 21.5 Å². The van der Waals surface area contributed by atoms with Gasteiger partial charge in [-0.25, -0.2) is 4.79 Å². The second kappa shape index (κ2) is 6.59. The van der Waals surface area contributed by atoms with Crippen molar-refractivity contribution in [1.29, 1.82) is 0 Å². The van der Waals surface area contributed by atoms with Gasteiger partial charge in [0.05, 0.1) is 5.56 Å². The van der Waals surface area contributed by atoms with Gasteiger partial charge in [-0.3, -0.25) is 4.79 Å². The van der Waals surface area contributed by atoms with Gasteiger partial charge in [0.25, 0.3) is 5.91 Å². The van der Waals surface area contributed by atoms with E-state index in [1.165, 1.54) is 0 Å². The van der Waals surface area contributed by atoms with E-state index in [4.69, 9.17) is 4.74 Å². The summed E-state index contributed by atoms with van der Waals surface area (Å²) in [7, 11) is 0. The van der Waals surface area contributed by atoms with E-state index in [1.54, 1.807) is 12.1 Å². The largest absolute Gasteiger partial charge is 0.452 e. The zero-order valence-corrected chi connectivity index (χ0v) is 10.7. The zero-order chi connectivity index (χ0) is 13.5. The number of ether oxygens (including phenoxy) is 1. The van der Waals surface area contributed by atoms with Gasteiger partial charge in [0.1, 0.15) is 0 Å². The van der Waals surface area contributed by atoms with Gasteiger partial charge in [-0.05, 0) is 25.5 Å². The zero-order valence-electron chi connectivity index (χ0n) is 10.7. The molecule has 1 rings (SSSR count). The van der Waals surface area contributed by atoms with E-state index in [0.717, 1.165) is 11.1 Å². The van der Waals surface area contributed by atoms with Gasteiger partial charge in [0.15, 0.2) is 6.61 Å². The predicted molar refractivity (Wildman–Crippen MR) is 69.4 cm³/mol. The highest BCUT2D eigenvalue weighted by atomic mass is 16.5. The lowest BCUT2D eigenvalue weighted by atomic mass is 10.1. The first-order valence-corrected chi connectivity index (χ1v) is 5.66. The monoisotopic (exact) mass is 247 g/mol. The van der Waals surface area contributed by atoms with E-state index in [9.17, 15) is 9.59 Å². The lowest BCUT2D eigenvalue weighted by molar-refractivity contribution is -0.124. The summed E-state index contributed by atoms with van der Waals surface area (Å²) in [4.78, 5) is 23.0. The average Bonchev–Trinajstić information content (AvgIpc) is 2.36. The molecule has 0 unspecified atom stereocenters. The Hall–Kier alpha value is -2.10. The van der Waals surface area contributed by atoms with Gasteiger partial charge >= 0.3 is 5.97 Å². The highest BCUT2D eigenvalue weighted by molar-refractivity contribution is 5.92. The molecular formula is C14H17NO3. The van der Waals surface area contributed by atoms with Crippen molar-refractivity contribution in [2.75, 3.05) is 13.2 Å². The third-order valence-electron chi connectivity index (χ3n) is 2.39. The molecular weight excluding hydrogens is 230 g/mol. The van der Waals surface area contributed by atoms with Crippen LogP contribution in [0.3, 0.4) is 0 Å². The van der Waals surface area contributed by atoms with Crippen molar-refractivity contribution in [2.45, 2.75) is 13.8 Å². The summed E-state index contributed by atoms with van der Waals surface area (Å²) in [6.07, 6.45) is 1.56. The summed E-state index contributed by atoms with van der Waals surface area (Å²) in [5.41, 5.74) is 2.30. The maximum atomic E-state index is 11.8. The summed E-state index contributed by atoms with van der Waals surface area (Å²) < 4.78 is 4.94. The van der Waals surface area contributed by atoms with E-state index in [0.29, 0.717) is 12.1 Å². The van der Waals surface area contributed by atoms with Gasteiger partial charge in [0.2, 0.25) is 0 Å². The van der Waals surface area contributed by atoms with E-state index in [2.05, 4.69) is 11.9 Å². The summed E-state index contributed by atoms with van der Waals surface area (Å²) in [6.45, 7) is 7.28. The van der Waals surface area contributed by atoms with Crippen molar-refractivity contribution in [3.8, 4) is 0 Å². The van der Waals surface area contributed by atoms with Crippen molar-refractivity contribution in [3.05, 3.63) is 47.5 Å². The number of amides is 1. The van der Waals surface area contributed by atoms with Crippen LogP contribution in [-0.4, -0.2) is 25.0 Å². The van der Waals surface area contributed by atoms with Crippen LogP contribution in [0.25, 0.3) is 0 Å².